The van der Waals surface area contributed by atoms with Crippen molar-refractivity contribution in [1.82, 2.24) is 0 Å². The first-order valence-corrected chi connectivity index (χ1v) is 27.8. The molecule has 2 aliphatic carbocycles. The van der Waals surface area contributed by atoms with Crippen molar-refractivity contribution in [3.05, 3.63) is 197 Å². The molecular formula is C75H78BN3O. The summed E-state index contributed by atoms with van der Waals surface area (Å²) in [5.41, 5.74) is -8.74. The van der Waals surface area contributed by atoms with E-state index in [0.29, 0.717) is 43.2 Å². The van der Waals surface area contributed by atoms with Crippen LogP contribution in [0.3, 0.4) is 0 Å². The van der Waals surface area contributed by atoms with E-state index in [1.165, 1.54) is 9.80 Å². The number of furan rings is 1. The summed E-state index contributed by atoms with van der Waals surface area (Å²) in [6.45, 7) is 21.8. The van der Waals surface area contributed by atoms with Gasteiger partial charge < -0.3 is 14.2 Å². The van der Waals surface area contributed by atoms with Gasteiger partial charge in [0.15, 0.2) is 0 Å². The zero-order chi connectivity index (χ0) is 77.4. The van der Waals surface area contributed by atoms with Gasteiger partial charge in [0.05, 0.1) is 45.5 Å². The smallest absolute Gasteiger partial charge is 0.257 e. The molecule has 5 heteroatoms. The summed E-state index contributed by atoms with van der Waals surface area (Å²) in [5.74, 6) is -0.254. The molecule has 80 heavy (non-hydrogen) atoms. The van der Waals surface area contributed by atoms with Gasteiger partial charge >= 0.3 is 0 Å². The van der Waals surface area contributed by atoms with E-state index in [-0.39, 0.29) is 102 Å². The number of nitrogens with zero attached hydrogens (tertiary/aromatic N) is 3. The van der Waals surface area contributed by atoms with Crippen molar-refractivity contribution >= 4 is 79.8 Å². The van der Waals surface area contributed by atoms with Crippen LogP contribution in [0.15, 0.2) is 168 Å². The Kier molecular flexibility index (Phi) is 6.64. The van der Waals surface area contributed by atoms with Gasteiger partial charge in [-0.2, -0.15) is 0 Å². The van der Waals surface area contributed by atoms with Crippen LogP contribution in [-0.4, -0.2) is 12.3 Å². The van der Waals surface area contributed by atoms with E-state index in [1.807, 2.05) is 27.7 Å². The van der Waals surface area contributed by atoms with E-state index >= 15 is 0 Å². The highest BCUT2D eigenvalue weighted by molar-refractivity contribution is 7.01. The first-order valence-electron chi connectivity index (χ1n) is 40.3. The first kappa shape index (κ1) is 30.5. The van der Waals surface area contributed by atoms with Crippen LogP contribution in [0.1, 0.15) is 183 Å². The molecule has 5 aliphatic rings. The zero-order valence-corrected chi connectivity index (χ0v) is 47.7. The van der Waals surface area contributed by atoms with Crippen molar-refractivity contribution in [2.45, 2.75) is 156 Å². The van der Waals surface area contributed by atoms with Crippen LogP contribution in [0.2, 0.25) is 0 Å². The van der Waals surface area contributed by atoms with Crippen LogP contribution in [0.4, 0.5) is 45.7 Å². The fourth-order valence-electron chi connectivity index (χ4n) is 13.2. The van der Waals surface area contributed by atoms with E-state index in [9.17, 15) is 28.8 Å². The Morgan fingerprint density at radius 3 is 1.76 bits per heavy atom. The minimum Gasteiger partial charge on any atom is -0.440 e. The van der Waals surface area contributed by atoms with E-state index in [4.69, 9.17) is 9.90 Å². The summed E-state index contributed by atoms with van der Waals surface area (Å²) >= 11 is 0. The van der Waals surface area contributed by atoms with Crippen molar-refractivity contribution in [2.75, 3.05) is 14.7 Å². The molecule has 0 amide bonds. The molecule has 3 aliphatic heterocycles. The molecule has 4 nitrogen and oxygen atoms in total. The van der Waals surface area contributed by atoms with E-state index < -0.39 is 212 Å². The lowest BCUT2D eigenvalue weighted by molar-refractivity contribution is 0.195. The third kappa shape index (κ3) is 7.68. The zero-order valence-electron chi connectivity index (χ0n) is 72.7. The van der Waals surface area contributed by atoms with Gasteiger partial charge in [-0.25, -0.2) is 0 Å². The quantitative estimate of drug-likeness (QED) is 0.160. The fraction of sp³-hybridized carbons (Fsp3) is 0.333. The average Bonchev–Trinajstić information content (AvgIpc) is 1.18. The Bertz CT molecular complexity index is 5420. The largest absolute Gasteiger partial charge is 0.440 e. The summed E-state index contributed by atoms with van der Waals surface area (Å²) < 4.78 is 254. The maximum Gasteiger partial charge on any atom is 0.257 e. The Hall–Kier alpha value is -7.24. The number of hydrogen-bond acceptors (Lipinski definition) is 4. The molecule has 9 aromatic rings. The summed E-state index contributed by atoms with van der Waals surface area (Å²) in [6.07, 6.45) is 2.38. The number of fused-ring (bicyclic) bond motifs is 10. The molecule has 14 rings (SSSR count). The average molecular weight is 1070 g/mol. The number of benzene rings is 8. The van der Waals surface area contributed by atoms with Crippen LogP contribution in [0, 0.1) is 5.41 Å². The van der Waals surface area contributed by atoms with Gasteiger partial charge in [0, 0.05) is 56.0 Å². The van der Waals surface area contributed by atoms with Crippen LogP contribution in [0.5, 0.6) is 0 Å². The van der Waals surface area contributed by atoms with Gasteiger partial charge in [-0.1, -0.05) is 193 Å². The van der Waals surface area contributed by atoms with Gasteiger partial charge in [0.25, 0.3) is 6.71 Å². The highest BCUT2D eigenvalue weighted by Gasteiger charge is 2.58. The van der Waals surface area contributed by atoms with Gasteiger partial charge in [0.2, 0.25) is 5.88 Å². The van der Waals surface area contributed by atoms with Gasteiger partial charge in [-0.15, -0.1) is 0 Å². The van der Waals surface area contributed by atoms with Gasteiger partial charge in [-0.3, -0.25) is 4.90 Å². The molecule has 402 valence electrons. The molecule has 1 fully saturated rings. The minimum atomic E-state index is -1.54. The Morgan fingerprint density at radius 2 is 1.09 bits per heavy atom. The molecule has 0 radical (unpaired) electrons. The Labute approximate surface area is 512 Å². The predicted octanol–water partition coefficient (Wildman–Crippen LogP) is 18.6. The van der Waals surface area contributed by atoms with E-state index in [0.717, 1.165) is 0 Å². The molecule has 8 aromatic carbocycles. The highest BCUT2D eigenvalue weighted by Crippen LogP contribution is 2.63. The molecule has 4 heterocycles. The van der Waals surface area contributed by atoms with Crippen molar-refractivity contribution in [3.8, 4) is 22.3 Å². The fourth-order valence-corrected chi connectivity index (χ4v) is 13.2. The summed E-state index contributed by atoms with van der Waals surface area (Å²) in [6, 6.07) is -11.5. The van der Waals surface area contributed by atoms with E-state index in [1.54, 1.807) is 79.3 Å². The molecule has 0 bridgehead atoms. The van der Waals surface area contributed by atoms with Gasteiger partial charge in [-0.05, 0) is 182 Å². The van der Waals surface area contributed by atoms with Crippen molar-refractivity contribution in [1.29, 1.82) is 0 Å². The standard InChI is InChI=1S/C75H78BN3O/c1-70(2,3)52-27-31-55(32-28-52)77-64-43-56(79-62-34-26-49(47-22-16-14-17-23-47)39-59(62)74(12)36-20-21-37-75(74,79)13)44-65-68(64)76(67-58-38-50-45-73(10,11)46-51(50)40-66(58)80-69(67)77)60-33-29-54(72(7,8)9)42-63(60)78(65)61-35-30-53(71(4,5)6)41-57(61)48-24-18-15-19-25-48/h14-19,22-35,38-44H,20-21,36-37,45-46H2,1-13H3/i14D,15D,16D,17D,18D,19D,22D,23D,24D,25D,26D,27D,28D,29D,30D,31D,32D,33D,34D,35D,38D,39D,40D,41D,42D. The molecular weight excluding hydrogens is 970 g/mol. The lowest BCUT2D eigenvalue weighted by Crippen LogP contribution is -2.61. The summed E-state index contributed by atoms with van der Waals surface area (Å²) in [5, 5.41) is 0.0385. The topological polar surface area (TPSA) is 22.9 Å². The highest BCUT2D eigenvalue weighted by atomic mass is 16.4. The second kappa shape index (κ2) is 17.4. The third-order valence-electron chi connectivity index (χ3n) is 17.6. The molecule has 1 aromatic heterocycles. The van der Waals surface area contributed by atoms with Crippen LogP contribution in [-0.2, 0) is 34.5 Å². The predicted molar refractivity (Wildman–Crippen MR) is 341 cm³/mol. The van der Waals surface area contributed by atoms with Crippen molar-refractivity contribution in [3.63, 3.8) is 0 Å². The molecule has 2 unspecified atom stereocenters. The van der Waals surface area contributed by atoms with Crippen molar-refractivity contribution in [2.24, 2.45) is 5.41 Å². The van der Waals surface area contributed by atoms with Crippen molar-refractivity contribution < 1.29 is 38.7 Å². The molecule has 0 spiro atoms. The SMILES string of the molecule is [2H]c1c([2H])c([2H])c(-c2c([2H])c([2H])c3c(c2[2H])C2(C)CCCCC2(C)N3c2cc3c4c(c2)N(c2c([2H])c([2H])c(C(C)(C)C)c([2H])c2-c2c([2H])c([2H])c([2H])c([2H])c2[2H])c2c([2H])c(C(C)(C)C)c([2H])c([2H])c2B4c2c(oc4c([2H])c5c(c([2H])c24)CC(C)(C)C5)N3c2c([2H])c([2H])c(C(C)(C)C)c([2H])c2[2H])c([2H])c1[2H]. The third-order valence-corrected chi connectivity index (χ3v) is 17.6. The summed E-state index contributed by atoms with van der Waals surface area (Å²) in [4.78, 5) is 4.48. The molecule has 2 atom stereocenters. The minimum absolute atomic E-state index is 0.0129. The second-order valence-electron chi connectivity index (χ2n) is 26.8. The van der Waals surface area contributed by atoms with Crippen LogP contribution >= 0.6 is 0 Å². The lowest BCUT2D eigenvalue weighted by atomic mass is 9.33. The Balaban J connectivity index is 1.28. The molecule has 1 saturated carbocycles. The number of anilines is 8. The van der Waals surface area contributed by atoms with Gasteiger partial charge in [0.1, 0.15) is 5.58 Å². The van der Waals surface area contributed by atoms with Crippen LogP contribution in [0.25, 0.3) is 33.2 Å². The number of rotatable bonds is 5. The maximum atomic E-state index is 11.0. The summed E-state index contributed by atoms with van der Waals surface area (Å²) in [7, 11) is 0. The lowest BCUT2D eigenvalue weighted by Gasteiger charge is -2.51. The maximum absolute atomic E-state index is 11.0. The molecule has 0 saturated heterocycles. The normalized spacial score (nSPS) is 24.2. The second-order valence-corrected chi connectivity index (χ2v) is 26.8. The first-order chi connectivity index (χ1) is 48.5. The Morgan fingerprint density at radius 1 is 0.500 bits per heavy atom. The van der Waals surface area contributed by atoms with E-state index in [2.05, 4.69) is 0 Å². The number of hydrogen-bond donors (Lipinski definition) is 0. The monoisotopic (exact) mass is 1070 g/mol. The molecule has 0 N–H and O–H groups in total. The van der Waals surface area contributed by atoms with Crippen LogP contribution < -0.4 is 31.1 Å².